The second-order valence-corrected chi connectivity index (χ2v) is 4.54. The third-order valence-corrected chi connectivity index (χ3v) is 2.91. The van der Waals surface area contributed by atoms with Crippen LogP contribution in [0.5, 0.6) is 5.75 Å². The van der Waals surface area contributed by atoms with Crippen LogP contribution >= 0.6 is 0 Å². The summed E-state index contributed by atoms with van der Waals surface area (Å²) in [7, 11) is 1.83. The molecule has 0 fully saturated rings. The molecule has 0 aromatic heterocycles. The van der Waals surface area contributed by atoms with Gasteiger partial charge in [0.1, 0.15) is 5.75 Å². The van der Waals surface area contributed by atoms with Gasteiger partial charge in [-0.05, 0) is 24.3 Å². The van der Waals surface area contributed by atoms with Gasteiger partial charge in [0, 0.05) is 18.3 Å². The van der Waals surface area contributed by atoms with E-state index < -0.39 is 0 Å². The van der Waals surface area contributed by atoms with Gasteiger partial charge in [-0.2, -0.15) is 5.10 Å². The average molecular weight is 283 g/mol. The van der Waals surface area contributed by atoms with Crippen molar-refractivity contribution in [2.45, 2.75) is 0 Å². The van der Waals surface area contributed by atoms with E-state index in [4.69, 9.17) is 0 Å². The van der Waals surface area contributed by atoms with Gasteiger partial charge in [-0.3, -0.25) is 4.79 Å². The van der Waals surface area contributed by atoms with Gasteiger partial charge in [-0.15, -0.1) is 0 Å². The van der Waals surface area contributed by atoms with Gasteiger partial charge in [-0.1, -0.05) is 30.3 Å². The molecule has 5 nitrogen and oxygen atoms in total. The smallest absolute Gasteiger partial charge is 0.259 e. The lowest BCUT2D eigenvalue weighted by molar-refractivity contribution is -0.119. The van der Waals surface area contributed by atoms with Crippen molar-refractivity contribution in [1.82, 2.24) is 5.43 Å². The summed E-state index contributed by atoms with van der Waals surface area (Å²) >= 11 is 0. The number of nitrogens with one attached hydrogen (secondary N) is 1. The first-order valence-electron chi connectivity index (χ1n) is 6.53. The van der Waals surface area contributed by atoms with E-state index in [2.05, 4.69) is 10.5 Å². The Hall–Kier alpha value is -2.82. The van der Waals surface area contributed by atoms with Gasteiger partial charge >= 0.3 is 0 Å². The number of para-hydroxylation sites is 2. The number of aromatic hydroxyl groups is 1. The van der Waals surface area contributed by atoms with Gasteiger partial charge in [0.05, 0.1) is 12.8 Å². The molecule has 0 radical (unpaired) electrons. The van der Waals surface area contributed by atoms with Crippen LogP contribution < -0.4 is 10.3 Å². The Morgan fingerprint density at radius 3 is 2.57 bits per heavy atom. The number of hydrogen-bond donors (Lipinski definition) is 2. The standard InChI is InChI=1S/C16H17N3O2/c1-19(14-8-3-2-4-9-14)12-16(21)18-17-11-13-7-5-6-10-15(13)20/h2-11,20H,12H2,1H3,(H,18,21)/b17-11+. The molecule has 0 saturated heterocycles. The molecule has 1 amide bonds. The maximum atomic E-state index is 11.8. The van der Waals surface area contributed by atoms with E-state index in [0.29, 0.717) is 5.56 Å². The van der Waals surface area contributed by atoms with Crippen LogP contribution in [0.4, 0.5) is 5.69 Å². The number of phenols is 1. The van der Waals surface area contributed by atoms with Crippen molar-refractivity contribution in [2.24, 2.45) is 5.10 Å². The van der Waals surface area contributed by atoms with Crippen molar-refractivity contribution in [2.75, 3.05) is 18.5 Å². The normalized spacial score (nSPS) is 10.5. The van der Waals surface area contributed by atoms with Crippen molar-refractivity contribution in [3.63, 3.8) is 0 Å². The van der Waals surface area contributed by atoms with Crippen LogP contribution in [0.3, 0.4) is 0 Å². The Morgan fingerprint density at radius 1 is 1.19 bits per heavy atom. The topological polar surface area (TPSA) is 64.9 Å². The fourth-order valence-corrected chi connectivity index (χ4v) is 1.80. The number of amides is 1. The van der Waals surface area contributed by atoms with Crippen LogP contribution in [0.1, 0.15) is 5.56 Å². The van der Waals surface area contributed by atoms with Crippen LogP contribution in [0.2, 0.25) is 0 Å². The minimum Gasteiger partial charge on any atom is -0.507 e. The Kier molecular flexibility index (Phi) is 4.93. The van der Waals surface area contributed by atoms with Crippen LogP contribution in [-0.4, -0.2) is 30.8 Å². The lowest BCUT2D eigenvalue weighted by Gasteiger charge is -2.17. The molecule has 2 N–H and O–H groups in total. The summed E-state index contributed by atoms with van der Waals surface area (Å²) in [5.41, 5.74) is 3.94. The van der Waals surface area contributed by atoms with E-state index in [9.17, 15) is 9.90 Å². The zero-order valence-electron chi connectivity index (χ0n) is 11.7. The number of rotatable bonds is 5. The van der Waals surface area contributed by atoms with Crippen molar-refractivity contribution >= 4 is 17.8 Å². The zero-order valence-corrected chi connectivity index (χ0v) is 11.7. The third-order valence-electron chi connectivity index (χ3n) is 2.91. The first kappa shape index (κ1) is 14.6. The van der Waals surface area contributed by atoms with E-state index >= 15 is 0 Å². The van der Waals surface area contributed by atoms with Crippen molar-refractivity contribution in [3.8, 4) is 5.75 Å². The molecule has 0 aliphatic heterocycles. The first-order chi connectivity index (χ1) is 10.2. The van der Waals surface area contributed by atoms with Crippen molar-refractivity contribution in [3.05, 3.63) is 60.2 Å². The van der Waals surface area contributed by atoms with E-state index in [0.717, 1.165) is 5.69 Å². The van der Waals surface area contributed by atoms with Crippen LogP contribution in [0.25, 0.3) is 0 Å². The number of likely N-dealkylation sites (N-methyl/N-ethyl adjacent to an activating group) is 1. The van der Waals surface area contributed by atoms with Crippen LogP contribution in [0.15, 0.2) is 59.7 Å². The molecule has 21 heavy (non-hydrogen) atoms. The summed E-state index contributed by atoms with van der Waals surface area (Å²) in [6.45, 7) is 0.197. The van der Waals surface area contributed by atoms with Crippen LogP contribution in [0, 0.1) is 0 Å². The number of nitrogens with zero attached hydrogens (tertiary/aromatic N) is 2. The second kappa shape index (κ2) is 7.09. The SMILES string of the molecule is CN(CC(=O)N/N=C/c1ccccc1O)c1ccccc1. The summed E-state index contributed by atoms with van der Waals surface area (Å²) in [6, 6.07) is 16.4. The maximum absolute atomic E-state index is 11.8. The Bertz CT molecular complexity index is 626. The Morgan fingerprint density at radius 2 is 1.86 bits per heavy atom. The minimum atomic E-state index is -0.229. The van der Waals surface area contributed by atoms with Crippen LogP contribution in [-0.2, 0) is 4.79 Å². The number of hydrazone groups is 1. The molecule has 0 saturated carbocycles. The fourth-order valence-electron chi connectivity index (χ4n) is 1.80. The van der Waals surface area contributed by atoms with Gasteiger partial charge < -0.3 is 10.0 Å². The molecular weight excluding hydrogens is 266 g/mol. The molecule has 2 aromatic carbocycles. The van der Waals surface area contributed by atoms with Crippen molar-refractivity contribution in [1.29, 1.82) is 0 Å². The second-order valence-electron chi connectivity index (χ2n) is 4.54. The van der Waals surface area contributed by atoms with E-state index in [1.54, 1.807) is 24.3 Å². The number of phenolic OH excluding ortho intramolecular Hbond substituents is 1. The number of hydrogen-bond acceptors (Lipinski definition) is 4. The molecule has 5 heteroatoms. The monoisotopic (exact) mass is 283 g/mol. The highest BCUT2D eigenvalue weighted by Gasteiger charge is 2.05. The molecular formula is C16H17N3O2. The average Bonchev–Trinajstić information content (AvgIpc) is 2.50. The Labute approximate surface area is 123 Å². The summed E-state index contributed by atoms with van der Waals surface area (Å²) in [5.74, 6) is -0.107. The fraction of sp³-hybridized carbons (Fsp3) is 0.125. The van der Waals surface area contributed by atoms with Gasteiger partial charge in [0.25, 0.3) is 5.91 Å². The van der Waals surface area contributed by atoms with Gasteiger partial charge in [-0.25, -0.2) is 5.43 Å². The Balaban J connectivity index is 1.87. The number of benzene rings is 2. The molecule has 0 heterocycles. The molecule has 0 aliphatic carbocycles. The number of carbonyl (C=O) groups excluding carboxylic acids is 1. The largest absolute Gasteiger partial charge is 0.507 e. The van der Waals surface area contributed by atoms with Gasteiger partial charge in [0.2, 0.25) is 0 Å². The van der Waals surface area contributed by atoms with E-state index in [1.807, 2.05) is 42.3 Å². The summed E-state index contributed by atoms with van der Waals surface area (Å²) < 4.78 is 0. The minimum absolute atomic E-state index is 0.122. The molecule has 2 rings (SSSR count). The highest BCUT2D eigenvalue weighted by Crippen LogP contribution is 2.12. The molecule has 0 atom stereocenters. The van der Waals surface area contributed by atoms with Crippen molar-refractivity contribution < 1.29 is 9.90 Å². The highest BCUT2D eigenvalue weighted by molar-refractivity contribution is 5.86. The molecule has 108 valence electrons. The summed E-state index contributed by atoms with van der Waals surface area (Å²) in [5, 5.41) is 13.4. The summed E-state index contributed by atoms with van der Waals surface area (Å²) in [4.78, 5) is 13.6. The molecule has 0 spiro atoms. The maximum Gasteiger partial charge on any atom is 0.259 e. The molecule has 0 aliphatic rings. The predicted molar refractivity (Wildman–Crippen MR) is 83.6 cm³/mol. The summed E-state index contributed by atoms with van der Waals surface area (Å²) in [6.07, 6.45) is 1.41. The van der Waals surface area contributed by atoms with Gasteiger partial charge in [0.15, 0.2) is 0 Å². The third kappa shape index (κ3) is 4.35. The molecule has 2 aromatic rings. The highest BCUT2D eigenvalue weighted by atomic mass is 16.3. The zero-order chi connectivity index (χ0) is 15.1. The quantitative estimate of drug-likeness (QED) is 0.651. The van der Waals surface area contributed by atoms with E-state index in [-0.39, 0.29) is 18.2 Å². The van der Waals surface area contributed by atoms with E-state index in [1.165, 1.54) is 6.21 Å². The molecule has 0 bridgehead atoms. The first-order valence-corrected chi connectivity index (χ1v) is 6.53. The number of anilines is 1. The molecule has 0 unspecified atom stereocenters. The lowest BCUT2D eigenvalue weighted by Crippen LogP contribution is -2.32. The predicted octanol–water partition coefficient (Wildman–Crippen LogP) is 1.98. The number of carbonyl (C=O) groups is 1. The lowest BCUT2D eigenvalue weighted by atomic mass is 10.2.